The lowest BCUT2D eigenvalue weighted by Gasteiger charge is -2.05. The molecule has 0 spiro atoms. The number of carbonyl (C=O) groups is 1. The highest BCUT2D eigenvalue weighted by Crippen LogP contribution is 2.19. The Balaban J connectivity index is 2.33. The smallest absolute Gasteiger partial charge is 0.255 e. The summed E-state index contributed by atoms with van der Waals surface area (Å²) in [4.78, 5) is 15.9. The lowest BCUT2D eigenvalue weighted by Crippen LogP contribution is -2.13. The molecule has 5 nitrogen and oxygen atoms in total. The van der Waals surface area contributed by atoms with Gasteiger partial charge in [-0.3, -0.25) is 9.89 Å². The summed E-state index contributed by atoms with van der Waals surface area (Å²) in [7, 11) is 0. The van der Waals surface area contributed by atoms with Crippen LogP contribution in [0.4, 0.5) is 5.69 Å². The molecule has 0 fully saturated rings. The number of H-pyrrole nitrogens is 1. The molecule has 0 aliphatic heterocycles. The van der Waals surface area contributed by atoms with Gasteiger partial charge in [0, 0.05) is 11.8 Å². The highest BCUT2D eigenvalue weighted by Gasteiger charge is 2.09. The van der Waals surface area contributed by atoms with Crippen molar-refractivity contribution < 1.29 is 4.79 Å². The molecule has 0 saturated carbocycles. The lowest BCUT2D eigenvalue weighted by atomic mass is 10.2. The van der Waals surface area contributed by atoms with Crippen LogP contribution in [0.25, 0.3) is 11.0 Å². The zero-order chi connectivity index (χ0) is 12.3. The zero-order valence-electron chi connectivity index (χ0n) is 9.40. The number of hydrogen-bond donors (Lipinski definition) is 2. The Bertz CT molecular complexity index is 597. The van der Waals surface area contributed by atoms with Crippen LogP contribution in [0.5, 0.6) is 0 Å². The van der Waals surface area contributed by atoms with E-state index in [0.29, 0.717) is 16.9 Å². The number of pyridine rings is 1. The standard InChI is InChI=1S/C12H12N4O/c1-3-8(4-2)12(17)15-10-5-6-13-11-9(10)7-14-16-11/h3-7H,1H2,2H3,(H2,13,14,15,16,17)/b8-4+. The van der Waals surface area contributed by atoms with Gasteiger partial charge in [-0.15, -0.1) is 0 Å². The fourth-order valence-corrected chi connectivity index (χ4v) is 1.50. The number of aromatic nitrogens is 3. The molecule has 5 heteroatoms. The number of carbonyl (C=O) groups excluding carboxylic acids is 1. The normalized spacial score (nSPS) is 11.5. The monoisotopic (exact) mass is 228 g/mol. The second kappa shape index (κ2) is 4.61. The summed E-state index contributed by atoms with van der Waals surface area (Å²) >= 11 is 0. The summed E-state index contributed by atoms with van der Waals surface area (Å²) < 4.78 is 0. The summed E-state index contributed by atoms with van der Waals surface area (Å²) in [5.74, 6) is -0.198. The number of nitrogens with one attached hydrogen (secondary N) is 2. The van der Waals surface area contributed by atoms with Gasteiger partial charge in [0.2, 0.25) is 0 Å². The van der Waals surface area contributed by atoms with Crippen molar-refractivity contribution in [2.75, 3.05) is 5.32 Å². The molecule has 1 amide bonds. The molecule has 0 radical (unpaired) electrons. The maximum Gasteiger partial charge on any atom is 0.255 e. The van der Waals surface area contributed by atoms with Crippen molar-refractivity contribution in [3.8, 4) is 0 Å². The molecule has 2 N–H and O–H groups in total. The molecular weight excluding hydrogens is 216 g/mol. The first-order valence-electron chi connectivity index (χ1n) is 5.14. The summed E-state index contributed by atoms with van der Waals surface area (Å²) in [5, 5.41) is 10.2. The molecule has 0 bridgehead atoms. The van der Waals surface area contributed by atoms with E-state index in [1.807, 2.05) is 0 Å². The number of amides is 1. The molecule has 86 valence electrons. The molecule has 2 heterocycles. The van der Waals surface area contributed by atoms with Gasteiger partial charge in [0.15, 0.2) is 5.65 Å². The van der Waals surface area contributed by atoms with E-state index in [4.69, 9.17) is 0 Å². The third-order valence-electron chi connectivity index (χ3n) is 2.40. The van der Waals surface area contributed by atoms with Crippen molar-refractivity contribution in [2.24, 2.45) is 0 Å². The van der Waals surface area contributed by atoms with Crippen LogP contribution in [0, 0.1) is 0 Å². The van der Waals surface area contributed by atoms with Gasteiger partial charge in [-0.2, -0.15) is 5.10 Å². The maximum absolute atomic E-state index is 11.8. The van der Waals surface area contributed by atoms with Gasteiger partial charge < -0.3 is 5.32 Å². The van der Waals surface area contributed by atoms with Crippen LogP contribution < -0.4 is 5.32 Å². The van der Waals surface area contributed by atoms with Crippen LogP contribution in [-0.2, 0) is 4.79 Å². The fraction of sp³-hybridized carbons (Fsp3) is 0.0833. The van der Waals surface area contributed by atoms with Crippen LogP contribution in [0.2, 0.25) is 0 Å². The highest BCUT2D eigenvalue weighted by atomic mass is 16.1. The predicted molar refractivity (Wildman–Crippen MR) is 66.5 cm³/mol. The maximum atomic E-state index is 11.8. The van der Waals surface area contributed by atoms with Crippen molar-refractivity contribution in [3.63, 3.8) is 0 Å². The van der Waals surface area contributed by atoms with Crippen LogP contribution in [0.3, 0.4) is 0 Å². The molecule has 0 saturated heterocycles. The largest absolute Gasteiger partial charge is 0.321 e. The Hall–Kier alpha value is -2.43. The zero-order valence-corrected chi connectivity index (χ0v) is 9.40. The molecule has 0 aromatic carbocycles. The molecule has 2 aromatic rings. The lowest BCUT2D eigenvalue weighted by molar-refractivity contribution is -0.112. The molecular formula is C12H12N4O. The number of hydrogen-bond acceptors (Lipinski definition) is 3. The molecule has 0 atom stereocenters. The average molecular weight is 228 g/mol. The van der Waals surface area contributed by atoms with E-state index < -0.39 is 0 Å². The highest BCUT2D eigenvalue weighted by molar-refractivity contribution is 6.09. The van der Waals surface area contributed by atoms with Gasteiger partial charge in [0.1, 0.15) is 0 Å². The Kier molecular flexibility index (Phi) is 3.00. The number of nitrogens with zero attached hydrogens (tertiary/aromatic N) is 2. The van der Waals surface area contributed by atoms with Gasteiger partial charge in [0.05, 0.1) is 17.3 Å². The minimum absolute atomic E-state index is 0.198. The second-order valence-electron chi connectivity index (χ2n) is 3.39. The van der Waals surface area contributed by atoms with Gasteiger partial charge in [0.25, 0.3) is 5.91 Å². The average Bonchev–Trinajstić information content (AvgIpc) is 2.80. The van der Waals surface area contributed by atoms with E-state index in [0.717, 1.165) is 5.39 Å². The Morgan fingerprint density at radius 2 is 2.41 bits per heavy atom. The first kappa shape index (κ1) is 11.1. The SMILES string of the molecule is C=C/C(=C\C)C(=O)Nc1ccnc2[nH]ncc12. The molecule has 0 unspecified atom stereocenters. The molecule has 2 rings (SSSR count). The number of fused-ring (bicyclic) bond motifs is 1. The third-order valence-corrected chi connectivity index (χ3v) is 2.40. The Labute approximate surface area is 98.3 Å². The molecule has 2 aromatic heterocycles. The minimum Gasteiger partial charge on any atom is -0.321 e. The summed E-state index contributed by atoms with van der Waals surface area (Å²) in [6.07, 6.45) is 6.46. The van der Waals surface area contributed by atoms with Gasteiger partial charge >= 0.3 is 0 Å². The molecule has 0 aliphatic rings. The number of aromatic amines is 1. The van der Waals surface area contributed by atoms with Crippen LogP contribution in [0.1, 0.15) is 6.92 Å². The van der Waals surface area contributed by atoms with Crippen LogP contribution >= 0.6 is 0 Å². The van der Waals surface area contributed by atoms with Crippen molar-refractivity contribution in [3.05, 3.63) is 42.8 Å². The Morgan fingerprint density at radius 1 is 1.59 bits per heavy atom. The van der Waals surface area contributed by atoms with Gasteiger partial charge in [-0.05, 0) is 13.0 Å². The van der Waals surface area contributed by atoms with Gasteiger partial charge in [-0.1, -0.05) is 18.7 Å². The van der Waals surface area contributed by atoms with E-state index in [-0.39, 0.29) is 5.91 Å². The van der Waals surface area contributed by atoms with E-state index >= 15 is 0 Å². The number of allylic oxidation sites excluding steroid dienone is 1. The third kappa shape index (κ3) is 2.08. The van der Waals surface area contributed by atoms with E-state index in [1.54, 1.807) is 31.5 Å². The van der Waals surface area contributed by atoms with Crippen molar-refractivity contribution >= 4 is 22.6 Å². The number of rotatable bonds is 3. The summed E-state index contributed by atoms with van der Waals surface area (Å²) in [6.45, 7) is 5.38. The molecule has 0 aliphatic carbocycles. The first-order chi connectivity index (χ1) is 8.26. The van der Waals surface area contributed by atoms with Crippen LogP contribution in [0.15, 0.2) is 42.8 Å². The summed E-state index contributed by atoms with van der Waals surface area (Å²) in [6, 6.07) is 1.73. The Morgan fingerprint density at radius 3 is 3.12 bits per heavy atom. The predicted octanol–water partition coefficient (Wildman–Crippen LogP) is 2.03. The van der Waals surface area contributed by atoms with E-state index in [1.165, 1.54) is 6.08 Å². The number of anilines is 1. The fourth-order valence-electron chi connectivity index (χ4n) is 1.50. The van der Waals surface area contributed by atoms with E-state index in [9.17, 15) is 4.79 Å². The van der Waals surface area contributed by atoms with Gasteiger partial charge in [-0.25, -0.2) is 4.98 Å². The topological polar surface area (TPSA) is 70.7 Å². The molecule has 17 heavy (non-hydrogen) atoms. The van der Waals surface area contributed by atoms with E-state index in [2.05, 4.69) is 27.1 Å². The van der Waals surface area contributed by atoms with Crippen molar-refractivity contribution in [2.45, 2.75) is 6.92 Å². The van der Waals surface area contributed by atoms with Crippen LogP contribution in [-0.4, -0.2) is 21.1 Å². The quantitative estimate of drug-likeness (QED) is 0.623. The van der Waals surface area contributed by atoms with Crippen molar-refractivity contribution in [1.82, 2.24) is 15.2 Å². The first-order valence-corrected chi connectivity index (χ1v) is 5.14. The van der Waals surface area contributed by atoms with Crippen molar-refractivity contribution in [1.29, 1.82) is 0 Å². The second-order valence-corrected chi connectivity index (χ2v) is 3.39. The minimum atomic E-state index is -0.198. The summed E-state index contributed by atoms with van der Waals surface area (Å²) in [5.41, 5.74) is 1.84.